The largest absolute Gasteiger partial charge is 0.481 e. The average molecular weight is 325 g/mol. The van der Waals surface area contributed by atoms with E-state index in [1.54, 1.807) is 18.2 Å². The molecule has 2 rings (SSSR count). The van der Waals surface area contributed by atoms with Crippen LogP contribution < -0.4 is 0 Å². The van der Waals surface area contributed by atoms with Crippen molar-refractivity contribution in [1.82, 2.24) is 4.90 Å². The highest BCUT2D eigenvalue weighted by Crippen LogP contribution is 2.32. The smallest absolute Gasteiger partial charge is 0.303 e. The Hall–Kier alpha value is -1.73. The van der Waals surface area contributed by atoms with Crippen LogP contribution in [0.15, 0.2) is 29.2 Å². The molecule has 1 saturated heterocycles. The second-order valence-corrected chi connectivity index (χ2v) is 6.06. The topological polar surface area (TPSA) is 57.6 Å². The molecule has 0 radical (unpaired) electrons. The normalized spacial score (nSPS) is 16.8. The summed E-state index contributed by atoms with van der Waals surface area (Å²) in [4.78, 5) is 24.5. The van der Waals surface area contributed by atoms with E-state index in [0.717, 1.165) is 11.8 Å². The highest BCUT2D eigenvalue weighted by Gasteiger charge is 2.31. The Morgan fingerprint density at radius 1 is 1.48 bits per heavy atom. The van der Waals surface area contributed by atoms with Gasteiger partial charge in [-0.25, -0.2) is 4.39 Å². The summed E-state index contributed by atoms with van der Waals surface area (Å²) in [5.74, 6) is -1.55. The molecule has 1 aliphatic heterocycles. The van der Waals surface area contributed by atoms with Crippen LogP contribution in [-0.2, 0) is 9.59 Å². The molecule has 0 aromatic heterocycles. The minimum atomic E-state index is -0.907. The summed E-state index contributed by atoms with van der Waals surface area (Å²) in [5.41, 5.74) is 0.584. The summed E-state index contributed by atoms with van der Waals surface area (Å²) in [7, 11) is 0. The SMILES string of the molecule is O=C(O)CCCN1C(=O)/C(=C/c2cccc(F)c2)SC1=S. The van der Waals surface area contributed by atoms with Gasteiger partial charge in [0.25, 0.3) is 5.91 Å². The van der Waals surface area contributed by atoms with Gasteiger partial charge in [-0.15, -0.1) is 0 Å². The van der Waals surface area contributed by atoms with Crippen LogP contribution in [0.1, 0.15) is 18.4 Å². The van der Waals surface area contributed by atoms with Crippen LogP contribution in [0.5, 0.6) is 0 Å². The van der Waals surface area contributed by atoms with Gasteiger partial charge in [0.05, 0.1) is 4.91 Å². The molecular weight excluding hydrogens is 313 g/mol. The molecule has 4 nitrogen and oxygen atoms in total. The molecule has 0 atom stereocenters. The fourth-order valence-electron chi connectivity index (χ4n) is 1.83. The number of thiocarbonyl (C=S) groups is 1. The van der Waals surface area contributed by atoms with Crippen molar-refractivity contribution >= 4 is 46.3 Å². The lowest BCUT2D eigenvalue weighted by atomic mass is 10.2. The van der Waals surface area contributed by atoms with Crippen LogP contribution in [0.25, 0.3) is 6.08 Å². The molecule has 1 heterocycles. The summed E-state index contributed by atoms with van der Waals surface area (Å²) in [6.07, 6.45) is 1.91. The zero-order chi connectivity index (χ0) is 15.4. The summed E-state index contributed by atoms with van der Waals surface area (Å²) in [6.45, 7) is 0.275. The highest BCUT2D eigenvalue weighted by molar-refractivity contribution is 8.26. The monoisotopic (exact) mass is 325 g/mol. The van der Waals surface area contributed by atoms with E-state index in [1.807, 2.05) is 0 Å². The summed E-state index contributed by atoms with van der Waals surface area (Å²) >= 11 is 6.26. The molecule has 1 N–H and O–H groups in total. The van der Waals surface area contributed by atoms with E-state index in [0.29, 0.717) is 21.2 Å². The van der Waals surface area contributed by atoms with Crippen molar-refractivity contribution in [2.75, 3.05) is 6.54 Å². The molecule has 7 heteroatoms. The van der Waals surface area contributed by atoms with Crippen molar-refractivity contribution < 1.29 is 19.1 Å². The van der Waals surface area contributed by atoms with Crippen LogP contribution in [0.2, 0.25) is 0 Å². The molecular formula is C14H12FNO3S2. The molecule has 0 bridgehead atoms. The quantitative estimate of drug-likeness (QED) is 0.666. The minimum Gasteiger partial charge on any atom is -0.481 e. The lowest BCUT2D eigenvalue weighted by Crippen LogP contribution is -2.29. The molecule has 0 unspecified atom stereocenters. The summed E-state index contributed by atoms with van der Waals surface area (Å²) in [5, 5.41) is 8.60. The predicted octanol–water partition coefficient (Wildman–Crippen LogP) is 2.89. The van der Waals surface area contributed by atoms with Crippen LogP contribution in [0, 0.1) is 5.82 Å². The average Bonchev–Trinajstić information content (AvgIpc) is 2.66. The fraction of sp³-hybridized carbons (Fsp3) is 0.214. The second kappa shape index (κ2) is 6.82. The molecule has 0 spiro atoms. The number of hydrogen-bond acceptors (Lipinski definition) is 4. The van der Waals surface area contributed by atoms with Crippen LogP contribution in [-0.4, -0.2) is 32.7 Å². The third-order valence-corrected chi connectivity index (χ3v) is 4.17. The number of halogens is 1. The Labute approximate surface area is 130 Å². The molecule has 1 aliphatic rings. The first-order chi connectivity index (χ1) is 9.97. The molecule has 1 aromatic carbocycles. The Kier molecular flexibility index (Phi) is 5.08. The van der Waals surface area contributed by atoms with Gasteiger partial charge in [0.1, 0.15) is 10.1 Å². The Morgan fingerprint density at radius 3 is 2.90 bits per heavy atom. The van der Waals surface area contributed by atoms with Crippen molar-refractivity contribution in [2.45, 2.75) is 12.8 Å². The van der Waals surface area contributed by atoms with Crippen molar-refractivity contribution in [3.63, 3.8) is 0 Å². The highest BCUT2D eigenvalue weighted by atomic mass is 32.2. The number of amides is 1. The molecule has 0 aliphatic carbocycles. The van der Waals surface area contributed by atoms with E-state index in [1.165, 1.54) is 17.0 Å². The lowest BCUT2D eigenvalue weighted by molar-refractivity contribution is -0.137. The van der Waals surface area contributed by atoms with Gasteiger partial charge >= 0.3 is 5.97 Å². The molecule has 21 heavy (non-hydrogen) atoms. The first-order valence-corrected chi connectivity index (χ1v) is 7.42. The first-order valence-electron chi connectivity index (χ1n) is 6.20. The Balaban J connectivity index is 2.08. The number of thioether (sulfide) groups is 1. The molecule has 110 valence electrons. The van der Waals surface area contributed by atoms with Crippen molar-refractivity contribution in [1.29, 1.82) is 0 Å². The summed E-state index contributed by atoms with van der Waals surface area (Å²) in [6, 6.07) is 5.92. The fourth-order valence-corrected chi connectivity index (χ4v) is 3.14. The van der Waals surface area contributed by atoms with E-state index in [4.69, 9.17) is 17.3 Å². The molecule has 0 saturated carbocycles. The number of carboxylic acid groups (broad SMARTS) is 1. The number of carbonyl (C=O) groups excluding carboxylic acids is 1. The van der Waals surface area contributed by atoms with E-state index < -0.39 is 5.97 Å². The van der Waals surface area contributed by atoms with Crippen molar-refractivity contribution in [3.8, 4) is 0 Å². The number of carboxylic acids is 1. The number of aliphatic carboxylic acids is 1. The molecule has 1 fully saturated rings. The Bertz CT molecular complexity index is 630. The van der Waals surface area contributed by atoms with Gasteiger partial charge in [0, 0.05) is 13.0 Å². The van der Waals surface area contributed by atoms with Crippen LogP contribution in [0.3, 0.4) is 0 Å². The van der Waals surface area contributed by atoms with Crippen molar-refractivity contribution in [3.05, 3.63) is 40.6 Å². The van der Waals surface area contributed by atoms with Gasteiger partial charge in [-0.1, -0.05) is 36.1 Å². The minimum absolute atomic E-state index is 0.0139. The van der Waals surface area contributed by atoms with Gasteiger partial charge in [0.15, 0.2) is 0 Å². The maximum absolute atomic E-state index is 13.1. The van der Waals surface area contributed by atoms with Crippen LogP contribution >= 0.6 is 24.0 Å². The maximum atomic E-state index is 13.1. The van der Waals surface area contributed by atoms with E-state index in [-0.39, 0.29) is 24.7 Å². The van der Waals surface area contributed by atoms with Gasteiger partial charge in [-0.2, -0.15) is 0 Å². The van der Waals surface area contributed by atoms with Gasteiger partial charge in [-0.05, 0) is 30.2 Å². The zero-order valence-electron chi connectivity index (χ0n) is 10.9. The molecule has 1 aromatic rings. The number of hydrogen-bond donors (Lipinski definition) is 1. The second-order valence-electron chi connectivity index (χ2n) is 4.39. The number of rotatable bonds is 5. The van der Waals surface area contributed by atoms with E-state index in [9.17, 15) is 14.0 Å². The van der Waals surface area contributed by atoms with Gasteiger partial charge in [-0.3, -0.25) is 14.5 Å². The van der Waals surface area contributed by atoms with Gasteiger partial charge < -0.3 is 5.11 Å². The Morgan fingerprint density at radius 2 is 2.24 bits per heavy atom. The first kappa shape index (κ1) is 15.7. The number of carbonyl (C=O) groups is 2. The van der Waals surface area contributed by atoms with E-state index >= 15 is 0 Å². The van der Waals surface area contributed by atoms with Crippen LogP contribution in [0.4, 0.5) is 4.39 Å². The number of nitrogens with zero attached hydrogens (tertiary/aromatic N) is 1. The predicted molar refractivity (Wildman–Crippen MR) is 83.1 cm³/mol. The van der Waals surface area contributed by atoms with Gasteiger partial charge in [0.2, 0.25) is 0 Å². The standard InChI is InChI=1S/C14H12FNO3S2/c15-10-4-1-3-9(7-10)8-11-13(19)16(14(20)21-11)6-2-5-12(17)18/h1,3-4,7-8H,2,5-6H2,(H,17,18)/b11-8-. The van der Waals surface area contributed by atoms with Crippen molar-refractivity contribution in [2.24, 2.45) is 0 Å². The number of benzene rings is 1. The van der Waals surface area contributed by atoms with E-state index in [2.05, 4.69) is 0 Å². The summed E-state index contributed by atoms with van der Waals surface area (Å²) < 4.78 is 13.5. The zero-order valence-corrected chi connectivity index (χ0v) is 12.5. The lowest BCUT2D eigenvalue weighted by Gasteiger charge is -2.13. The molecule has 1 amide bonds. The third kappa shape index (κ3) is 4.12. The third-order valence-electron chi connectivity index (χ3n) is 2.79. The maximum Gasteiger partial charge on any atom is 0.303 e.